The number of anilines is 1. The summed E-state index contributed by atoms with van der Waals surface area (Å²) >= 11 is 0. The Hall–Kier alpha value is -3.19. The van der Waals surface area contributed by atoms with Gasteiger partial charge in [-0.25, -0.2) is 4.90 Å². The largest absolute Gasteiger partial charge is 0.544 e. The van der Waals surface area contributed by atoms with Crippen molar-refractivity contribution in [1.29, 1.82) is 0 Å². The van der Waals surface area contributed by atoms with Gasteiger partial charge < -0.3 is 20.3 Å². The number of benzene rings is 2. The van der Waals surface area contributed by atoms with E-state index in [9.17, 15) is 24.6 Å². The molecule has 0 aromatic heterocycles. The summed E-state index contributed by atoms with van der Waals surface area (Å²) in [5.41, 5.74) is 2.82. The molecule has 2 aromatic carbocycles. The summed E-state index contributed by atoms with van der Waals surface area (Å²) in [7, 11) is 0. The monoisotopic (exact) mass is 380 g/mol. The van der Waals surface area contributed by atoms with E-state index in [4.69, 9.17) is 0 Å². The molecule has 4 atom stereocenters. The van der Waals surface area contributed by atoms with Crippen LogP contribution >= 0.6 is 0 Å². The number of aryl methyl sites for hydroxylation is 2. The highest BCUT2D eigenvalue weighted by atomic mass is 16.4. The van der Waals surface area contributed by atoms with Gasteiger partial charge in [0.25, 0.3) is 0 Å². The number of carboxylic acids is 1. The standard InChI is InChI=1S/C21H20N2O5/c1-10-7-8-12(9-11(10)2)23-19(25)15-16(20(23)26)18(21(27)28)22-17(15)13-5-3-4-6-14(13)24/h3-9,15-18,22,24H,1-2H3,(H,27,28)/t15-,16+,17-,18-/m0/s1. The molecule has 2 amide bonds. The second-order valence-corrected chi connectivity index (χ2v) is 7.45. The first kappa shape index (κ1) is 18.2. The topological polar surface area (TPSA) is 114 Å². The molecule has 0 spiro atoms. The quantitative estimate of drug-likeness (QED) is 0.700. The van der Waals surface area contributed by atoms with Crippen molar-refractivity contribution in [2.75, 3.05) is 4.90 Å². The van der Waals surface area contributed by atoms with Crippen molar-refractivity contribution >= 4 is 23.5 Å². The van der Waals surface area contributed by atoms with Crippen molar-refractivity contribution < 1.29 is 29.9 Å². The number of nitrogens with zero attached hydrogens (tertiary/aromatic N) is 1. The first-order valence-electron chi connectivity index (χ1n) is 9.10. The fourth-order valence-corrected chi connectivity index (χ4v) is 4.34. The van der Waals surface area contributed by atoms with Crippen molar-refractivity contribution in [3.8, 4) is 5.75 Å². The van der Waals surface area contributed by atoms with Gasteiger partial charge in [-0.3, -0.25) is 9.59 Å². The van der Waals surface area contributed by atoms with Crippen molar-refractivity contribution in [3.05, 3.63) is 59.2 Å². The number of aliphatic carboxylic acids is 1. The van der Waals surface area contributed by atoms with Gasteiger partial charge >= 0.3 is 0 Å². The number of carbonyl (C=O) groups is 3. The van der Waals surface area contributed by atoms with E-state index in [1.165, 1.54) is 11.4 Å². The van der Waals surface area contributed by atoms with Gasteiger partial charge in [-0.2, -0.15) is 0 Å². The van der Waals surface area contributed by atoms with Crippen molar-refractivity contribution in [3.63, 3.8) is 0 Å². The molecule has 0 unspecified atom stereocenters. The third-order valence-electron chi connectivity index (χ3n) is 5.90. The lowest BCUT2D eigenvalue weighted by molar-refractivity contribution is -0.705. The maximum Gasteiger partial charge on any atom is 0.244 e. The zero-order chi connectivity index (χ0) is 20.2. The van der Waals surface area contributed by atoms with Crippen LogP contribution in [0.2, 0.25) is 0 Å². The fourth-order valence-electron chi connectivity index (χ4n) is 4.34. The van der Waals surface area contributed by atoms with Gasteiger partial charge in [-0.1, -0.05) is 18.2 Å². The maximum absolute atomic E-state index is 13.2. The second-order valence-electron chi connectivity index (χ2n) is 7.45. The molecule has 2 aliphatic heterocycles. The van der Waals surface area contributed by atoms with Crippen LogP contribution < -0.4 is 15.3 Å². The molecule has 0 bridgehead atoms. The lowest BCUT2D eigenvalue weighted by Crippen LogP contribution is -2.92. The zero-order valence-electron chi connectivity index (χ0n) is 15.5. The van der Waals surface area contributed by atoms with E-state index in [0.29, 0.717) is 11.3 Å². The minimum Gasteiger partial charge on any atom is -0.544 e. The van der Waals surface area contributed by atoms with Crippen molar-refractivity contribution in [2.45, 2.75) is 25.9 Å². The van der Waals surface area contributed by atoms with Gasteiger partial charge in [0.15, 0.2) is 0 Å². The van der Waals surface area contributed by atoms with Gasteiger partial charge in [-0.15, -0.1) is 0 Å². The number of carbonyl (C=O) groups excluding carboxylic acids is 3. The second kappa shape index (κ2) is 6.45. The van der Waals surface area contributed by atoms with Crippen molar-refractivity contribution in [1.82, 2.24) is 0 Å². The average molecular weight is 380 g/mol. The number of phenolic OH excluding ortho intramolecular Hbond substituents is 1. The number of quaternary nitrogens is 1. The molecule has 0 aliphatic carbocycles. The molecule has 2 saturated heterocycles. The molecule has 0 saturated carbocycles. The third kappa shape index (κ3) is 2.58. The number of fused-ring (bicyclic) bond motifs is 1. The number of hydrogen-bond acceptors (Lipinski definition) is 5. The highest BCUT2D eigenvalue weighted by Gasteiger charge is 2.63. The van der Waals surface area contributed by atoms with Gasteiger partial charge in [0.1, 0.15) is 35.6 Å². The Morgan fingerprint density at radius 2 is 1.71 bits per heavy atom. The molecule has 4 rings (SSSR count). The van der Waals surface area contributed by atoms with Crippen LogP contribution in [0.3, 0.4) is 0 Å². The van der Waals surface area contributed by atoms with Crippen LogP contribution in [0.4, 0.5) is 5.69 Å². The van der Waals surface area contributed by atoms with E-state index >= 15 is 0 Å². The number of aromatic hydroxyl groups is 1. The number of para-hydroxylation sites is 1. The summed E-state index contributed by atoms with van der Waals surface area (Å²) < 4.78 is 0. The van der Waals surface area contributed by atoms with Crippen LogP contribution in [-0.4, -0.2) is 28.9 Å². The molecule has 3 N–H and O–H groups in total. The van der Waals surface area contributed by atoms with E-state index in [1.54, 1.807) is 30.3 Å². The number of imide groups is 1. The third-order valence-corrected chi connectivity index (χ3v) is 5.90. The normalized spacial score (nSPS) is 26.6. The number of nitrogens with two attached hydrogens (primary N) is 1. The predicted octanol–water partition coefficient (Wildman–Crippen LogP) is -0.449. The summed E-state index contributed by atoms with van der Waals surface area (Å²) in [6.07, 6.45) is 0. The number of rotatable bonds is 3. The molecule has 2 aliphatic rings. The maximum atomic E-state index is 13.2. The summed E-state index contributed by atoms with van der Waals surface area (Å²) in [5.74, 6) is -4.34. The highest BCUT2D eigenvalue weighted by Crippen LogP contribution is 2.43. The Morgan fingerprint density at radius 3 is 2.36 bits per heavy atom. The Kier molecular flexibility index (Phi) is 4.19. The molecule has 0 radical (unpaired) electrons. The van der Waals surface area contributed by atoms with E-state index in [0.717, 1.165) is 16.0 Å². The first-order valence-corrected chi connectivity index (χ1v) is 9.10. The summed E-state index contributed by atoms with van der Waals surface area (Å²) in [5, 5.41) is 23.4. The molecular weight excluding hydrogens is 360 g/mol. The van der Waals surface area contributed by atoms with Gasteiger partial charge in [0, 0.05) is 0 Å². The first-order chi connectivity index (χ1) is 13.3. The SMILES string of the molecule is Cc1ccc(N2C(=O)[C@@H]3[C@H](C2=O)[C@H](c2ccccc2O)[NH2+][C@@H]3C(=O)[O-])cc1C. The summed E-state index contributed by atoms with van der Waals surface area (Å²) in [6.45, 7) is 3.81. The molecule has 28 heavy (non-hydrogen) atoms. The molecule has 2 fully saturated rings. The van der Waals surface area contributed by atoms with Gasteiger partial charge in [0.2, 0.25) is 11.8 Å². The van der Waals surface area contributed by atoms with Crippen molar-refractivity contribution in [2.24, 2.45) is 11.8 Å². The number of carboxylic acid groups (broad SMARTS) is 1. The number of phenols is 1. The zero-order valence-corrected chi connectivity index (χ0v) is 15.5. The number of hydrogen-bond donors (Lipinski definition) is 2. The van der Waals surface area contributed by atoms with Crippen LogP contribution in [0.25, 0.3) is 0 Å². The van der Waals surface area contributed by atoms with E-state index < -0.39 is 41.7 Å². The molecule has 2 heterocycles. The van der Waals surface area contributed by atoms with E-state index in [1.807, 2.05) is 19.9 Å². The van der Waals surface area contributed by atoms with Crippen LogP contribution in [0.1, 0.15) is 22.7 Å². The van der Waals surface area contributed by atoms with Gasteiger partial charge in [0.05, 0.1) is 11.3 Å². The fraction of sp³-hybridized carbons (Fsp3) is 0.286. The minimum atomic E-state index is -1.39. The van der Waals surface area contributed by atoms with E-state index in [2.05, 4.69) is 0 Å². The summed E-state index contributed by atoms with van der Waals surface area (Å²) in [4.78, 5) is 39.1. The molecule has 2 aromatic rings. The Bertz CT molecular complexity index is 1000. The van der Waals surface area contributed by atoms with Crippen LogP contribution in [-0.2, 0) is 14.4 Å². The highest BCUT2D eigenvalue weighted by molar-refractivity contribution is 6.23. The number of amides is 2. The molecular formula is C21H20N2O5. The van der Waals surface area contributed by atoms with Crippen LogP contribution in [0.15, 0.2) is 42.5 Å². The van der Waals surface area contributed by atoms with Crippen LogP contribution in [0, 0.1) is 25.7 Å². The Labute approximate surface area is 161 Å². The molecule has 7 heteroatoms. The lowest BCUT2D eigenvalue weighted by Gasteiger charge is -2.22. The minimum absolute atomic E-state index is 0.0358. The van der Waals surface area contributed by atoms with Gasteiger partial charge in [-0.05, 0) is 49.2 Å². The Balaban J connectivity index is 1.80. The summed E-state index contributed by atoms with van der Waals surface area (Å²) in [6, 6.07) is 9.85. The van der Waals surface area contributed by atoms with Crippen LogP contribution in [0.5, 0.6) is 5.75 Å². The predicted molar refractivity (Wildman–Crippen MR) is 97.0 cm³/mol. The smallest absolute Gasteiger partial charge is 0.244 e. The molecule has 144 valence electrons. The average Bonchev–Trinajstić information content (AvgIpc) is 3.16. The van der Waals surface area contributed by atoms with E-state index in [-0.39, 0.29) is 5.75 Å². The lowest BCUT2D eigenvalue weighted by atomic mass is 9.86. The molecule has 7 nitrogen and oxygen atoms in total. The Morgan fingerprint density at radius 1 is 1.04 bits per heavy atom.